The summed E-state index contributed by atoms with van der Waals surface area (Å²) in [6, 6.07) is 6.78. The minimum absolute atomic E-state index is 0.272. The van der Waals surface area contributed by atoms with Crippen molar-refractivity contribution < 1.29 is 13.2 Å². The van der Waals surface area contributed by atoms with E-state index in [1.807, 2.05) is 30.1 Å². The molecule has 1 N–H and O–H groups in total. The van der Waals surface area contributed by atoms with Crippen LogP contribution in [0.1, 0.15) is 11.1 Å². The van der Waals surface area contributed by atoms with Crippen LogP contribution in [0.25, 0.3) is 0 Å². The van der Waals surface area contributed by atoms with Crippen LogP contribution in [-0.2, 0) is 23.6 Å². The SMILES string of the molecule is COc1ccc(S(=O)(=O)NCc2ccn(C)c2)c(C)c1. The van der Waals surface area contributed by atoms with Gasteiger partial charge in [0, 0.05) is 26.0 Å². The molecule has 5 nitrogen and oxygen atoms in total. The first-order valence-electron chi connectivity index (χ1n) is 6.17. The third-order valence-electron chi connectivity index (χ3n) is 3.03. The van der Waals surface area contributed by atoms with Crippen molar-refractivity contribution in [3.8, 4) is 5.75 Å². The van der Waals surface area contributed by atoms with E-state index in [0.717, 1.165) is 5.56 Å². The summed E-state index contributed by atoms with van der Waals surface area (Å²) >= 11 is 0. The Bertz CT molecular complexity index is 705. The zero-order chi connectivity index (χ0) is 14.8. The number of nitrogens with zero attached hydrogens (tertiary/aromatic N) is 1. The standard InChI is InChI=1S/C14H18N2O3S/c1-11-8-13(19-3)4-5-14(11)20(17,18)15-9-12-6-7-16(2)10-12/h4-8,10,15H,9H2,1-3H3. The van der Waals surface area contributed by atoms with Crippen molar-refractivity contribution in [2.24, 2.45) is 7.05 Å². The molecular weight excluding hydrogens is 276 g/mol. The van der Waals surface area contributed by atoms with Crippen molar-refractivity contribution in [3.05, 3.63) is 47.8 Å². The zero-order valence-electron chi connectivity index (χ0n) is 11.8. The van der Waals surface area contributed by atoms with Crippen molar-refractivity contribution in [2.45, 2.75) is 18.4 Å². The molecule has 0 saturated heterocycles. The van der Waals surface area contributed by atoms with Crippen LogP contribution in [0.4, 0.5) is 0 Å². The Morgan fingerprint density at radius 1 is 1.30 bits per heavy atom. The Morgan fingerprint density at radius 2 is 2.05 bits per heavy atom. The molecule has 0 bridgehead atoms. The fourth-order valence-electron chi connectivity index (χ4n) is 1.97. The van der Waals surface area contributed by atoms with E-state index in [-0.39, 0.29) is 11.4 Å². The summed E-state index contributed by atoms with van der Waals surface area (Å²) in [6.45, 7) is 2.02. The first-order valence-corrected chi connectivity index (χ1v) is 7.66. The van der Waals surface area contributed by atoms with Crippen molar-refractivity contribution in [1.82, 2.24) is 9.29 Å². The van der Waals surface area contributed by atoms with Crippen LogP contribution < -0.4 is 9.46 Å². The summed E-state index contributed by atoms with van der Waals surface area (Å²) < 4.78 is 34.1. The molecule has 20 heavy (non-hydrogen) atoms. The van der Waals surface area contributed by atoms with Crippen molar-refractivity contribution in [2.75, 3.05) is 7.11 Å². The van der Waals surface area contributed by atoms with E-state index in [1.165, 1.54) is 0 Å². The zero-order valence-corrected chi connectivity index (χ0v) is 12.6. The summed E-state index contributed by atoms with van der Waals surface area (Å²) in [4.78, 5) is 0.272. The Morgan fingerprint density at radius 3 is 2.60 bits per heavy atom. The lowest BCUT2D eigenvalue weighted by Gasteiger charge is -2.10. The monoisotopic (exact) mass is 294 g/mol. The molecule has 6 heteroatoms. The molecule has 1 aromatic carbocycles. The van der Waals surface area contributed by atoms with Crippen LogP contribution in [-0.4, -0.2) is 20.1 Å². The van der Waals surface area contributed by atoms with Gasteiger partial charge in [-0.3, -0.25) is 0 Å². The highest BCUT2D eigenvalue weighted by Gasteiger charge is 2.17. The molecule has 0 fully saturated rings. The van der Waals surface area contributed by atoms with Gasteiger partial charge in [0.25, 0.3) is 0 Å². The third kappa shape index (κ3) is 3.20. The first kappa shape index (κ1) is 14.6. The van der Waals surface area contributed by atoms with Gasteiger partial charge in [-0.25, -0.2) is 13.1 Å². The highest BCUT2D eigenvalue weighted by molar-refractivity contribution is 7.89. The molecule has 108 valence electrons. The van der Waals surface area contributed by atoms with Gasteiger partial charge in [0.05, 0.1) is 12.0 Å². The van der Waals surface area contributed by atoms with Gasteiger partial charge in [-0.05, 0) is 42.3 Å². The second kappa shape index (κ2) is 5.68. The number of benzene rings is 1. The second-order valence-electron chi connectivity index (χ2n) is 4.64. The molecule has 2 rings (SSSR count). The lowest BCUT2D eigenvalue weighted by molar-refractivity contribution is 0.414. The molecule has 0 saturated carbocycles. The maximum absolute atomic E-state index is 12.3. The Balaban J connectivity index is 2.18. The quantitative estimate of drug-likeness (QED) is 0.915. The van der Waals surface area contributed by atoms with Gasteiger partial charge >= 0.3 is 0 Å². The number of hydrogen-bond donors (Lipinski definition) is 1. The molecule has 2 aromatic rings. The first-order chi connectivity index (χ1) is 9.42. The largest absolute Gasteiger partial charge is 0.497 e. The minimum atomic E-state index is -3.52. The summed E-state index contributed by atoms with van der Waals surface area (Å²) in [5.74, 6) is 0.643. The summed E-state index contributed by atoms with van der Waals surface area (Å²) in [5.41, 5.74) is 1.58. The van der Waals surface area contributed by atoms with Gasteiger partial charge in [-0.1, -0.05) is 0 Å². The molecule has 1 aromatic heterocycles. The maximum Gasteiger partial charge on any atom is 0.241 e. The lowest BCUT2D eigenvalue weighted by atomic mass is 10.2. The molecule has 0 aliphatic carbocycles. The van der Waals surface area contributed by atoms with E-state index in [0.29, 0.717) is 11.3 Å². The number of hydrogen-bond acceptors (Lipinski definition) is 3. The fraction of sp³-hybridized carbons (Fsp3) is 0.286. The van der Waals surface area contributed by atoms with Gasteiger partial charge in [-0.15, -0.1) is 0 Å². The normalized spacial score (nSPS) is 11.6. The molecule has 0 radical (unpaired) electrons. The highest BCUT2D eigenvalue weighted by Crippen LogP contribution is 2.21. The molecule has 0 aliphatic heterocycles. The highest BCUT2D eigenvalue weighted by atomic mass is 32.2. The van der Waals surface area contributed by atoms with E-state index in [9.17, 15) is 8.42 Å². The van der Waals surface area contributed by atoms with Gasteiger partial charge in [0.1, 0.15) is 5.75 Å². The Kier molecular flexibility index (Phi) is 4.15. The van der Waals surface area contributed by atoms with Gasteiger partial charge < -0.3 is 9.30 Å². The summed E-state index contributed by atoms with van der Waals surface area (Å²) in [5, 5.41) is 0. The Labute approximate surface area is 119 Å². The lowest BCUT2D eigenvalue weighted by Crippen LogP contribution is -2.23. The van der Waals surface area contributed by atoms with Gasteiger partial charge in [0.15, 0.2) is 0 Å². The average molecular weight is 294 g/mol. The van der Waals surface area contributed by atoms with Crippen LogP contribution >= 0.6 is 0 Å². The van der Waals surface area contributed by atoms with Crippen LogP contribution in [0.2, 0.25) is 0 Å². The number of aromatic nitrogens is 1. The number of nitrogens with one attached hydrogen (secondary N) is 1. The van der Waals surface area contributed by atoms with Crippen LogP contribution in [0, 0.1) is 6.92 Å². The van der Waals surface area contributed by atoms with E-state index in [4.69, 9.17) is 4.74 Å². The number of sulfonamides is 1. The third-order valence-corrected chi connectivity index (χ3v) is 4.59. The van der Waals surface area contributed by atoms with Crippen molar-refractivity contribution >= 4 is 10.0 Å². The average Bonchev–Trinajstić information content (AvgIpc) is 2.82. The van der Waals surface area contributed by atoms with E-state index in [2.05, 4.69) is 4.72 Å². The number of rotatable bonds is 5. The summed E-state index contributed by atoms with van der Waals surface area (Å²) in [7, 11) is -0.0730. The topological polar surface area (TPSA) is 60.3 Å². The molecule has 0 atom stereocenters. The van der Waals surface area contributed by atoms with E-state index >= 15 is 0 Å². The van der Waals surface area contributed by atoms with E-state index in [1.54, 1.807) is 32.2 Å². The van der Waals surface area contributed by atoms with E-state index < -0.39 is 10.0 Å². The minimum Gasteiger partial charge on any atom is -0.497 e. The van der Waals surface area contributed by atoms with Crippen LogP contribution in [0.3, 0.4) is 0 Å². The maximum atomic E-state index is 12.3. The number of aryl methyl sites for hydroxylation is 2. The molecule has 0 amide bonds. The second-order valence-corrected chi connectivity index (χ2v) is 6.38. The molecule has 0 unspecified atom stereocenters. The molecule has 0 spiro atoms. The van der Waals surface area contributed by atoms with Crippen LogP contribution in [0.15, 0.2) is 41.6 Å². The molecular formula is C14H18N2O3S. The fourth-order valence-corrected chi connectivity index (χ4v) is 3.21. The van der Waals surface area contributed by atoms with Crippen LogP contribution in [0.5, 0.6) is 5.75 Å². The van der Waals surface area contributed by atoms with Gasteiger partial charge in [0.2, 0.25) is 10.0 Å². The molecule has 1 heterocycles. The van der Waals surface area contributed by atoms with Crippen molar-refractivity contribution in [3.63, 3.8) is 0 Å². The predicted molar refractivity (Wildman–Crippen MR) is 77.2 cm³/mol. The Hall–Kier alpha value is -1.79. The number of ether oxygens (including phenoxy) is 1. The smallest absolute Gasteiger partial charge is 0.241 e. The number of methoxy groups -OCH3 is 1. The van der Waals surface area contributed by atoms with Crippen molar-refractivity contribution in [1.29, 1.82) is 0 Å². The predicted octanol–water partition coefficient (Wildman–Crippen LogP) is 1.82. The summed E-state index contributed by atoms with van der Waals surface area (Å²) in [6.07, 6.45) is 3.76. The van der Waals surface area contributed by atoms with Gasteiger partial charge in [-0.2, -0.15) is 0 Å². The molecule has 0 aliphatic rings.